The molecule has 6 nitrogen and oxygen atoms in total. The van der Waals surface area contributed by atoms with Crippen molar-refractivity contribution in [2.45, 2.75) is 19.8 Å². The van der Waals surface area contributed by atoms with E-state index in [9.17, 15) is 0 Å². The average molecular weight is 524 g/mol. The van der Waals surface area contributed by atoms with Crippen molar-refractivity contribution >= 4 is 47.2 Å². The number of nitrogens with one attached hydrogen (secondary N) is 2. The Hall–Kier alpha value is -0.770. The van der Waals surface area contributed by atoms with Gasteiger partial charge in [0.1, 0.15) is 0 Å². The van der Waals surface area contributed by atoms with Gasteiger partial charge in [0.15, 0.2) is 5.96 Å². The number of guanidine groups is 1. The summed E-state index contributed by atoms with van der Waals surface area (Å²) in [4.78, 5) is 9.20. The van der Waals surface area contributed by atoms with Crippen molar-refractivity contribution < 1.29 is 4.74 Å². The van der Waals surface area contributed by atoms with Crippen LogP contribution in [0.4, 0.5) is 5.69 Å². The van der Waals surface area contributed by atoms with Gasteiger partial charge in [-0.25, -0.2) is 0 Å². The number of aliphatic imine (C=N–C) groups is 1. The monoisotopic (exact) mass is 523 g/mol. The smallest absolute Gasteiger partial charge is 0.190 e. The van der Waals surface area contributed by atoms with Crippen LogP contribution in [-0.2, 0) is 4.74 Å². The average Bonchev–Trinajstić information content (AvgIpc) is 2.70. The zero-order valence-electron chi connectivity index (χ0n) is 17.1. The van der Waals surface area contributed by atoms with Gasteiger partial charge in [0, 0.05) is 70.2 Å². The highest BCUT2D eigenvalue weighted by molar-refractivity contribution is 14.0. The normalized spacial score (nSPS) is 15.2. The summed E-state index contributed by atoms with van der Waals surface area (Å²) in [6.07, 6.45) is 2.10. The molecule has 28 heavy (non-hydrogen) atoms. The molecular weight excluding hydrogens is 489 g/mol. The van der Waals surface area contributed by atoms with Gasteiger partial charge in [0.05, 0.1) is 0 Å². The van der Waals surface area contributed by atoms with Crippen molar-refractivity contribution in [2.75, 3.05) is 71.0 Å². The molecule has 160 valence electrons. The van der Waals surface area contributed by atoms with E-state index < -0.39 is 0 Å². The second kappa shape index (κ2) is 15.1. The number of anilines is 1. The minimum absolute atomic E-state index is 0. The Kier molecular flexibility index (Phi) is 13.6. The van der Waals surface area contributed by atoms with Crippen LogP contribution in [0.3, 0.4) is 0 Å². The lowest BCUT2D eigenvalue weighted by Crippen LogP contribution is -2.47. The number of hydrogen-bond donors (Lipinski definition) is 2. The Bertz CT molecular complexity index is 567. The van der Waals surface area contributed by atoms with E-state index in [1.165, 1.54) is 5.69 Å². The molecule has 0 unspecified atom stereocenters. The molecule has 0 saturated carbocycles. The van der Waals surface area contributed by atoms with Crippen LogP contribution in [0.1, 0.15) is 19.8 Å². The van der Waals surface area contributed by atoms with Crippen molar-refractivity contribution in [2.24, 2.45) is 4.99 Å². The highest BCUT2D eigenvalue weighted by atomic mass is 127. The molecule has 0 aliphatic carbocycles. The second-order valence-electron chi connectivity index (χ2n) is 6.64. The predicted molar refractivity (Wildman–Crippen MR) is 131 cm³/mol. The molecule has 1 aliphatic heterocycles. The Labute approximate surface area is 192 Å². The number of hydrogen-bond acceptors (Lipinski definition) is 4. The lowest BCUT2D eigenvalue weighted by atomic mass is 10.2. The molecule has 0 spiro atoms. The number of halogens is 2. The second-order valence-corrected chi connectivity index (χ2v) is 7.07. The molecule has 1 aromatic carbocycles. The van der Waals surface area contributed by atoms with Crippen LogP contribution >= 0.6 is 35.6 Å². The van der Waals surface area contributed by atoms with Crippen LogP contribution in [0.15, 0.2) is 29.3 Å². The minimum atomic E-state index is 0. The predicted octanol–water partition coefficient (Wildman–Crippen LogP) is 3.06. The highest BCUT2D eigenvalue weighted by Gasteiger charge is 2.16. The molecule has 0 bridgehead atoms. The van der Waals surface area contributed by atoms with Crippen LogP contribution in [0, 0.1) is 0 Å². The fourth-order valence-corrected chi connectivity index (χ4v) is 3.34. The number of piperazine rings is 1. The number of nitrogens with zero attached hydrogens (tertiary/aromatic N) is 3. The van der Waals surface area contributed by atoms with Crippen LogP contribution < -0.4 is 15.5 Å². The summed E-state index contributed by atoms with van der Waals surface area (Å²) in [7, 11) is 1.81. The molecule has 1 aromatic rings. The molecule has 1 heterocycles. The molecule has 8 heteroatoms. The van der Waals surface area contributed by atoms with Crippen molar-refractivity contribution in [3.05, 3.63) is 29.3 Å². The molecule has 1 aliphatic rings. The van der Waals surface area contributed by atoms with Crippen molar-refractivity contribution in [1.29, 1.82) is 0 Å². The fourth-order valence-electron chi connectivity index (χ4n) is 3.16. The van der Waals surface area contributed by atoms with E-state index in [2.05, 4.69) is 31.5 Å². The maximum Gasteiger partial charge on any atom is 0.190 e. The Balaban J connectivity index is 0.00000392. The summed E-state index contributed by atoms with van der Waals surface area (Å²) in [5, 5.41) is 7.52. The summed E-state index contributed by atoms with van der Waals surface area (Å²) in [5.41, 5.74) is 1.23. The molecule has 0 amide bonds. The first kappa shape index (κ1) is 25.3. The summed E-state index contributed by atoms with van der Waals surface area (Å²) in [6.45, 7) is 10.8. The van der Waals surface area contributed by atoms with Gasteiger partial charge in [0.2, 0.25) is 0 Å². The third-order valence-corrected chi connectivity index (χ3v) is 4.91. The van der Waals surface area contributed by atoms with Gasteiger partial charge < -0.3 is 20.3 Å². The van der Waals surface area contributed by atoms with Gasteiger partial charge >= 0.3 is 0 Å². The van der Waals surface area contributed by atoms with Gasteiger partial charge in [-0.15, -0.1) is 24.0 Å². The summed E-state index contributed by atoms with van der Waals surface area (Å²) < 4.78 is 5.34. The summed E-state index contributed by atoms with van der Waals surface area (Å²) >= 11 is 6.10. The number of benzene rings is 1. The first-order valence-electron chi connectivity index (χ1n) is 9.98. The highest BCUT2D eigenvalue weighted by Crippen LogP contribution is 2.20. The van der Waals surface area contributed by atoms with E-state index in [1.807, 2.05) is 32.2 Å². The standard InChI is InChI=1S/C20H34ClN5O.HI/c1-3-27-16-6-10-24-20(22-2)23-9-5-11-25-12-14-26(15-13-25)19-8-4-7-18(21)17-19;/h4,7-8,17H,3,5-6,9-16H2,1-2H3,(H2,22,23,24);1H. The minimum Gasteiger partial charge on any atom is -0.382 e. The first-order chi connectivity index (χ1) is 13.2. The quantitative estimate of drug-likeness (QED) is 0.214. The van der Waals surface area contributed by atoms with Gasteiger partial charge in [-0.2, -0.15) is 0 Å². The first-order valence-corrected chi connectivity index (χ1v) is 10.4. The third-order valence-electron chi connectivity index (χ3n) is 4.67. The van der Waals surface area contributed by atoms with E-state index in [1.54, 1.807) is 0 Å². The fraction of sp³-hybridized carbons (Fsp3) is 0.650. The number of ether oxygens (including phenoxy) is 1. The van der Waals surface area contributed by atoms with Crippen LogP contribution in [0.2, 0.25) is 5.02 Å². The van der Waals surface area contributed by atoms with Crippen LogP contribution in [0.25, 0.3) is 0 Å². The molecule has 1 fully saturated rings. The van der Waals surface area contributed by atoms with E-state index >= 15 is 0 Å². The maximum atomic E-state index is 6.10. The Morgan fingerprint density at radius 3 is 2.50 bits per heavy atom. The zero-order valence-corrected chi connectivity index (χ0v) is 20.2. The summed E-state index contributed by atoms with van der Waals surface area (Å²) in [5.74, 6) is 0.872. The third kappa shape index (κ3) is 9.62. The molecule has 0 radical (unpaired) electrons. The van der Waals surface area contributed by atoms with E-state index in [0.29, 0.717) is 0 Å². The molecule has 0 atom stereocenters. The molecule has 2 N–H and O–H groups in total. The van der Waals surface area contributed by atoms with E-state index in [4.69, 9.17) is 16.3 Å². The lowest BCUT2D eigenvalue weighted by molar-refractivity contribution is 0.145. The number of rotatable bonds is 10. The molecular formula is C20H35ClIN5O. The topological polar surface area (TPSA) is 52.1 Å². The van der Waals surface area contributed by atoms with Gasteiger partial charge in [-0.3, -0.25) is 9.89 Å². The summed E-state index contributed by atoms with van der Waals surface area (Å²) in [6, 6.07) is 8.13. The van der Waals surface area contributed by atoms with Gasteiger partial charge in [0.25, 0.3) is 0 Å². The Morgan fingerprint density at radius 2 is 1.86 bits per heavy atom. The van der Waals surface area contributed by atoms with Crippen molar-refractivity contribution in [3.8, 4) is 0 Å². The largest absolute Gasteiger partial charge is 0.382 e. The molecule has 1 saturated heterocycles. The van der Waals surface area contributed by atoms with Gasteiger partial charge in [-0.1, -0.05) is 17.7 Å². The lowest BCUT2D eigenvalue weighted by Gasteiger charge is -2.36. The van der Waals surface area contributed by atoms with Gasteiger partial charge in [-0.05, 0) is 44.5 Å². The van der Waals surface area contributed by atoms with Crippen LogP contribution in [-0.4, -0.2) is 76.9 Å². The molecule has 2 rings (SSSR count). The van der Waals surface area contributed by atoms with E-state index in [-0.39, 0.29) is 24.0 Å². The van der Waals surface area contributed by atoms with E-state index in [0.717, 1.165) is 82.9 Å². The van der Waals surface area contributed by atoms with Crippen molar-refractivity contribution in [1.82, 2.24) is 15.5 Å². The Morgan fingerprint density at radius 1 is 1.14 bits per heavy atom. The van der Waals surface area contributed by atoms with Crippen LogP contribution in [0.5, 0.6) is 0 Å². The van der Waals surface area contributed by atoms with Crippen molar-refractivity contribution in [3.63, 3.8) is 0 Å². The SMILES string of the molecule is CCOCCCNC(=NC)NCCCN1CCN(c2cccc(Cl)c2)CC1.I. The molecule has 0 aromatic heterocycles. The zero-order chi connectivity index (χ0) is 19.3. The maximum absolute atomic E-state index is 6.10.